The number of anilines is 2. The van der Waals surface area contributed by atoms with Gasteiger partial charge in [-0.2, -0.15) is 0 Å². The van der Waals surface area contributed by atoms with Crippen LogP contribution >= 0.6 is 0 Å². The molecule has 0 radical (unpaired) electrons. The van der Waals surface area contributed by atoms with Crippen molar-refractivity contribution in [3.63, 3.8) is 0 Å². The first-order valence-corrected chi connectivity index (χ1v) is 9.92. The topological polar surface area (TPSA) is 66.7 Å². The number of benzene rings is 3. The predicted molar refractivity (Wildman–Crippen MR) is 116 cm³/mol. The first kappa shape index (κ1) is 18.9. The van der Waals surface area contributed by atoms with E-state index >= 15 is 0 Å². The van der Waals surface area contributed by atoms with Gasteiger partial charge in [0.05, 0.1) is 4.92 Å². The molecule has 0 unspecified atom stereocenters. The van der Waals surface area contributed by atoms with Crippen molar-refractivity contribution in [1.82, 2.24) is 0 Å². The van der Waals surface area contributed by atoms with Crippen LogP contribution in [0.15, 0.2) is 60.7 Å². The molecule has 1 saturated heterocycles. The van der Waals surface area contributed by atoms with E-state index in [-0.39, 0.29) is 11.6 Å². The smallest absolute Gasteiger partial charge is 0.293 e. The lowest BCUT2D eigenvalue weighted by Crippen LogP contribution is -2.30. The van der Waals surface area contributed by atoms with Crippen molar-refractivity contribution < 1.29 is 9.72 Å². The van der Waals surface area contributed by atoms with Gasteiger partial charge in [0.15, 0.2) is 0 Å². The monoisotopic (exact) mass is 389 g/mol. The highest BCUT2D eigenvalue weighted by molar-refractivity contribution is 6.07. The largest absolute Gasteiger partial charge is 0.366 e. The van der Waals surface area contributed by atoms with Gasteiger partial charge in [-0.3, -0.25) is 14.9 Å². The molecule has 1 aliphatic rings. The summed E-state index contributed by atoms with van der Waals surface area (Å²) in [6.45, 7) is 4.00. The number of nitrogens with zero attached hydrogens (tertiary/aromatic N) is 3. The molecule has 0 bridgehead atoms. The maximum Gasteiger partial charge on any atom is 0.293 e. The van der Waals surface area contributed by atoms with E-state index in [9.17, 15) is 14.9 Å². The minimum atomic E-state index is -0.392. The van der Waals surface area contributed by atoms with Crippen molar-refractivity contribution in [3.05, 3.63) is 76.3 Å². The van der Waals surface area contributed by atoms with Crippen LogP contribution < -0.4 is 9.80 Å². The minimum absolute atomic E-state index is 0.00712. The second kappa shape index (κ2) is 7.91. The number of carbonyl (C=O) groups is 1. The lowest BCUT2D eigenvalue weighted by Gasteiger charge is -2.22. The Morgan fingerprint density at radius 3 is 2.45 bits per heavy atom. The van der Waals surface area contributed by atoms with Gasteiger partial charge < -0.3 is 9.80 Å². The van der Waals surface area contributed by atoms with Crippen molar-refractivity contribution in [2.24, 2.45) is 0 Å². The van der Waals surface area contributed by atoms with Gasteiger partial charge >= 0.3 is 0 Å². The van der Waals surface area contributed by atoms with Crippen LogP contribution in [-0.4, -0.2) is 30.5 Å². The summed E-state index contributed by atoms with van der Waals surface area (Å²) < 4.78 is 0. The Balaban J connectivity index is 1.69. The predicted octanol–water partition coefficient (Wildman–Crippen LogP) is 5.01. The fourth-order valence-corrected chi connectivity index (χ4v) is 3.97. The molecule has 3 aromatic rings. The first-order chi connectivity index (χ1) is 14.1. The normalized spacial score (nSPS) is 13.6. The first-order valence-electron chi connectivity index (χ1n) is 9.92. The number of rotatable bonds is 5. The highest BCUT2D eigenvalue weighted by Crippen LogP contribution is 2.32. The SMILES string of the molecule is CCN(C(=O)c1ccc(N2CCCC2)c([N+](=O)[O-])c1)c1ccc2ccccc2c1. The van der Waals surface area contributed by atoms with E-state index in [0.29, 0.717) is 17.8 Å². The molecule has 1 heterocycles. The van der Waals surface area contributed by atoms with Crippen molar-refractivity contribution in [2.75, 3.05) is 29.4 Å². The summed E-state index contributed by atoms with van der Waals surface area (Å²) in [5, 5.41) is 13.8. The third kappa shape index (κ3) is 3.66. The third-order valence-corrected chi connectivity index (χ3v) is 5.47. The number of amides is 1. The molecule has 1 fully saturated rings. The maximum absolute atomic E-state index is 13.2. The summed E-state index contributed by atoms with van der Waals surface area (Å²) in [4.78, 5) is 28.2. The third-order valence-electron chi connectivity index (χ3n) is 5.47. The Bertz CT molecular complexity index is 1070. The van der Waals surface area contributed by atoms with Crippen molar-refractivity contribution in [3.8, 4) is 0 Å². The standard InChI is InChI=1S/C23H23N3O3/c1-2-25(20-11-9-17-7-3-4-8-18(17)15-20)23(27)19-10-12-21(22(16-19)26(28)29)24-13-5-6-14-24/h3-4,7-12,15-16H,2,5-6,13-14H2,1H3. The maximum atomic E-state index is 13.2. The molecule has 3 aromatic carbocycles. The van der Waals surface area contributed by atoms with Gasteiger partial charge in [0.1, 0.15) is 5.69 Å². The molecule has 0 atom stereocenters. The van der Waals surface area contributed by atoms with E-state index in [1.54, 1.807) is 17.0 Å². The molecular weight excluding hydrogens is 366 g/mol. The van der Waals surface area contributed by atoms with Gasteiger partial charge in [0.2, 0.25) is 0 Å². The Hall–Kier alpha value is -3.41. The van der Waals surface area contributed by atoms with Crippen LogP contribution in [0.2, 0.25) is 0 Å². The van der Waals surface area contributed by atoms with Gasteiger partial charge in [-0.05, 0) is 54.8 Å². The van der Waals surface area contributed by atoms with E-state index in [4.69, 9.17) is 0 Å². The Morgan fingerprint density at radius 1 is 1.03 bits per heavy atom. The van der Waals surface area contributed by atoms with Gasteiger partial charge in [0, 0.05) is 37.0 Å². The zero-order valence-corrected chi connectivity index (χ0v) is 16.4. The summed E-state index contributed by atoms with van der Waals surface area (Å²) in [7, 11) is 0. The number of hydrogen-bond donors (Lipinski definition) is 0. The van der Waals surface area contributed by atoms with Crippen LogP contribution in [0.25, 0.3) is 10.8 Å². The minimum Gasteiger partial charge on any atom is -0.366 e. The molecule has 148 valence electrons. The Kier molecular flexibility index (Phi) is 5.16. The molecule has 1 amide bonds. The van der Waals surface area contributed by atoms with Crippen LogP contribution in [0.3, 0.4) is 0 Å². The fraction of sp³-hybridized carbons (Fsp3) is 0.261. The summed E-state index contributed by atoms with van der Waals surface area (Å²) >= 11 is 0. The van der Waals surface area contributed by atoms with Crippen LogP contribution in [0.5, 0.6) is 0 Å². The van der Waals surface area contributed by atoms with E-state index in [0.717, 1.165) is 42.4 Å². The highest BCUT2D eigenvalue weighted by atomic mass is 16.6. The summed E-state index contributed by atoms with van der Waals surface area (Å²) in [5.74, 6) is -0.237. The molecule has 0 aromatic heterocycles. The highest BCUT2D eigenvalue weighted by Gasteiger charge is 2.25. The van der Waals surface area contributed by atoms with Gasteiger partial charge in [-0.1, -0.05) is 30.3 Å². The summed E-state index contributed by atoms with van der Waals surface area (Å²) in [6, 6.07) is 18.7. The van der Waals surface area contributed by atoms with Gasteiger partial charge in [-0.25, -0.2) is 0 Å². The molecule has 4 rings (SSSR count). The van der Waals surface area contributed by atoms with Gasteiger partial charge in [-0.15, -0.1) is 0 Å². The molecule has 0 saturated carbocycles. The van der Waals surface area contributed by atoms with Crippen molar-refractivity contribution in [2.45, 2.75) is 19.8 Å². The molecule has 1 aliphatic heterocycles. The molecule has 6 nitrogen and oxygen atoms in total. The number of nitro groups is 1. The molecule has 6 heteroatoms. The summed E-state index contributed by atoms with van der Waals surface area (Å²) in [6.07, 6.45) is 2.06. The van der Waals surface area contributed by atoms with E-state index in [1.807, 2.05) is 54.3 Å². The van der Waals surface area contributed by atoms with E-state index < -0.39 is 4.92 Å². The number of nitro benzene ring substituents is 1. The zero-order chi connectivity index (χ0) is 20.4. The molecule has 0 spiro atoms. The molecule has 29 heavy (non-hydrogen) atoms. The van der Waals surface area contributed by atoms with Gasteiger partial charge in [0.25, 0.3) is 11.6 Å². The zero-order valence-electron chi connectivity index (χ0n) is 16.4. The second-order valence-corrected chi connectivity index (χ2v) is 7.24. The average Bonchev–Trinajstić information content (AvgIpc) is 3.28. The molecule has 0 N–H and O–H groups in total. The molecular formula is C23H23N3O3. The van der Waals surface area contributed by atoms with Crippen LogP contribution in [0, 0.1) is 10.1 Å². The van der Waals surface area contributed by atoms with Crippen LogP contribution in [0.4, 0.5) is 17.1 Å². The van der Waals surface area contributed by atoms with Crippen LogP contribution in [-0.2, 0) is 0 Å². The number of fused-ring (bicyclic) bond motifs is 1. The Morgan fingerprint density at radius 2 is 1.76 bits per heavy atom. The average molecular weight is 389 g/mol. The van der Waals surface area contributed by atoms with Crippen LogP contribution in [0.1, 0.15) is 30.1 Å². The molecule has 0 aliphatic carbocycles. The number of hydrogen-bond acceptors (Lipinski definition) is 4. The lowest BCUT2D eigenvalue weighted by atomic mass is 10.1. The second-order valence-electron chi connectivity index (χ2n) is 7.24. The van der Waals surface area contributed by atoms with E-state index in [1.165, 1.54) is 6.07 Å². The van der Waals surface area contributed by atoms with Crippen molar-refractivity contribution >= 4 is 33.7 Å². The number of carbonyl (C=O) groups excluding carboxylic acids is 1. The summed E-state index contributed by atoms with van der Waals surface area (Å²) in [5.41, 5.74) is 1.70. The lowest BCUT2D eigenvalue weighted by molar-refractivity contribution is -0.384. The fourth-order valence-electron chi connectivity index (χ4n) is 3.97. The van der Waals surface area contributed by atoms with E-state index in [2.05, 4.69) is 0 Å². The van der Waals surface area contributed by atoms with Crippen molar-refractivity contribution in [1.29, 1.82) is 0 Å². The Labute approximate surface area is 169 Å². The quantitative estimate of drug-likeness (QED) is 0.454.